The molecule has 1 unspecified atom stereocenters. The fourth-order valence-corrected chi connectivity index (χ4v) is 2.67. The van der Waals surface area contributed by atoms with Crippen LogP contribution in [0.15, 0.2) is 42.5 Å². The second-order valence-corrected chi connectivity index (χ2v) is 5.31. The monoisotopic (exact) mass is 287 g/mol. The van der Waals surface area contributed by atoms with Crippen molar-refractivity contribution in [3.05, 3.63) is 65.0 Å². The van der Waals surface area contributed by atoms with Gasteiger partial charge in [-0.2, -0.15) is 0 Å². The van der Waals surface area contributed by atoms with Gasteiger partial charge in [0, 0.05) is 31.2 Å². The van der Waals surface area contributed by atoms with Crippen molar-refractivity contribution in [2.45, 2.75) is 25.2 Å². The molecule has 0 bridgehead atoms. The summed E-state index contributed by atoms with van der Waals surface area (Å²) >= 11 is 0. The fraction of sp³-hybridized carbons (Fsp3) is 0.294. The molecule has 0 fully saturated rings. The Morgan fingerprint density at radius 1 is 1.24 bits per heavy atom. The first kappa shape index (κ1) is 14.0. The van der Waals surface area contributed by atoms with Gasteiger partial charge in [0.2, 0.25) is 0 Å². The van der Waals surface area contributed by atoms with Crippen LogP contribution in [0.1, 0.15) is 35.3 Å². The Hall–Kier alpha value is -1.91. The molecule has 0 amide bonds. The van der Waals surface area contributed by atoms with E-state index in [0.29, 0.717) is 18.8 Å². The summed E-state index contributed by atoms with van der Waals surface area (Å²) in [5, 5.41) is 0. The highest BCUT2D eigenvalue weighted by Gasteiger charge is 2.27. The topological polar surface area (TPSA) is 44.5 Å². The number of benzene rings is 2. The summed E-state index contributed by atoms with van der Waals surface area (Å²) in [6, 6.07) is 12.4. The van der Waals surface area contributed by atoms with Crippen molar-refractivity contribution in [2.75, 3.05) is 7.11 Å². The normalized spacial score (nSPS) is 20.7. The second kappa shape index (κ2) is 5.84. The highest BCUT2D eigenvalue weighted by Crippen LogP contribution is 2.39. The van der Waals surface area contributed by atoms with Crippen molar-refractivity contribution in [1.82, 2.24) is 0 Å². The number of hydrogen-bond donors (Lipinski definition) is 1. The summed E-state index contributed by atoms with van der Waals surface area (Å²) in [5.41, 5.74) is 9.19. The maximum absolute atomic E-state index is 13.4. The summed E-state index contributed by atoms with van der Waals surface area (Å²) in [6.07, 6.45) is 0.535. The first-order chi connectivity index (χ1) is 10.2. The summed E-state index contributed by atoms with van der Waals surface area (Å²) in [4.78, 5) is 0. The average Bonchev–Trinajstić information content (AvgIpc) is 2.48. The van der Waals surface area contributed by atoms with E-state index in [4.69, 9.17) is 15.2 Å². The standard InChI is InChI=1S/C17H18FNO2/c1-20-10-11-2-4-12(5-3-11)16-9-15(19)14-7-6-13(18)8-17(14)21-16/h2-8,15-16H,9-10,19H2,1H3/t15-,16?/m0/s1. The van der Waals surface area contributed by atoms with Gasteiger partial charge in [0.1, 0.15) is 17.7 Å². The lowest BCUT2D eigenvalue weighted by Gasteiger charge is -2.30. The molecular weight excluding hydrogens is 269 g/mol. The van der Waals surface area contributed by atoms with Crippen LogP contribution in [0.25, 0.3) is 0 Å². The van der Waals surface area contributed by atoms with Crippen LogP contribution in [0.3, 0.4) is 0 Å². The third-order valence-corrected chi connectivity index (χ3v) is 3.77. The van der Waals surface area contributed by atoms with E-state index in [9.17, 15) is 4.39 Å². The first-order valence-electron chi connectivity index (χ1n) is 6.97. The predicted octanol–water partition coefficient (Wildman–Crippen LogP) is 3.50. The number of methoxy groups -OCH3 is 1. The lowest BCUT2D eigenvalue weighted by Crippen LogP contribution is -2.24. The van der Waals surface area contributed by atoms with Gasteiger partial charge >= 0.3 is 0 Å². The second-order valence-electron chi connectivity index (χ2n) is 5.31. The van der Waals surface area contributed by atoms with Crippen LogP contribution in [0.2, 0.25) is 0 Å². The largest absolute Gasteiger partial charge is 0.485 e. The van der Waals surface area contributed by atoms with E-state index in [1.165, 1.54) is 12.1 Å². The van der Waals surface area contributed by atoms with E-state index in [0.717, 1.165) is 16.7 Å². The maximum atomic E-state index is 13.4. The van der Waals surface area contributed by atoms with Crippen molar-refractivity contribution >= 4 is 0 Å². The molecule has 4 heteroatoms. The molecule has 2 N–H and O–H groups in total. The molecule has 0 spiro atoms. The molecule has 3 nitrogen and oxygen atoms in total. The molecule has 2 aromatic carbocycles. The molecule has 1 aliphatic rings. The Balaban J connectivity index is 1.84. The van der Waals surface area contributed by atoms with E-state index in [1.54, 1.807) is 13.2 Å². The number of fused-ring (bicyclic) bond motifs is 1. The molecule has 0 aromatic heterocycles. The van der Waals surface area contributed by atoms with Gasteiger partial charge in [0.15, 0.2) is 0 Å². The van der Waals surface area contributed by atoms with Gasteiger partial charge < -0.3 is 15.2 Å². The van der Waals surface area contributed by atoms with E-state index in [-0.39, 0.29) is 18.0 Å². The molecule has 3 rings (SSSR count). The third-order valence-electron chi connectivity index (χ3n) is 3.77. The van der Waals surface area contributed by atoms with Crippen LogP contribution in [0.4, 0.5) is 4.39 Å². The molecule has 0 saturated carbocycles. The lowest BCUT2D eigenvalue weighted by molar-refractivity contribution is 0.160. The van der Waals surface area contributed by atoms with Crippen molar-refractivity contribution in [3.8, 4) is 5.75 Å². The quantitative estimate of drug-likeness (QED) is 0.939. The minimum atomic E-state index is -0.308. The van der Waals surface area contributed by atoms with Gasteiger partial charge in [-0.15, -0.1) is 0 Å². The van der Waals surface area contributed by atoms with Crippen molar-refractivity contribution in [3.63, 3.8) is 0 Å². The molecule has 110 valence electrons. The number of ether oxygens (including phenoxy) is 2. The molecule has 0 radical (unpaired) electrons. The van der Waals surface area contributed by atoms with Gasteiger partial charge in [0.25, 0.3) is 0 Å². The molecule has 2 aromatic rings. The number of nitrogens with two attached hydrogens (primary N) is 1. The average molecular weight is 287 g/mol. The zero-order chi connectivity index (χ0) is 14.8. The van der Waals surface area contributed by atoms with E-state index < -0.39 is 0 Å². The lowest BCUT2D eigenvalue weighted by atomic mass is 9.93. The van der Waals surface area contributed by atoms with E-state index >= 15 is 0 Å². The van der Waals surface area contributed by atoms with Crippen LogP contribution < -0.4 is 10.5 Å². The molecule has 1 aliphatic heterocycles. The Kier molecular flexibility index (Phi) is 3.90. The highest BCUT2D eigenvalue weighted by atomic mass is 19.1. The van der Waals surface area contributed by atoms with Crippen LogP contribution >= 0.6 is 0 Å². The molecular formula is C17H18FNO2. The van der Waals surface area contributed by atoms with E-state index in [2.05, 4.69) is 0 Å². The maximum Gasteiger partial charge on any atom is 0.127 e. The summed E-state index contributed by atoms with van der Waals surface area (Å²) < 4.78 is 24.4. The van der Waals surface area contributed by atoms with Gasteiger partial charge in [-0.3, -0.25) is 0 Å². The van der Waals surface area contributed by atoms with Gasteiger partial charge in [-0.05, 0) is 17.2 Å². The molecule has 2 atom stereocenters. The minimum absolute atomic E-state index is 0.141. The highest BCUT2D eigenvalue weighted by molar-refractivity contribution is 5.39. The zero-order valence-electron chi connectivity index (χ0n) is 11.9. The van der Waals surface area contributed by atoms with Crippen molar-refractivity contribution in [1.29, 1.82) is 0 Å². The van der Waals surface area contributed by atoms with Crippen molar-refractivity contribution < 1.29 is 13.9 Å². The van der Waals surface area contributed by atoms with Crippen LogP contribution in [-0.4, -0.2) is 7.11 Å². The first-order valence-corrected chi connectivity index (χ1v) is 6.97. The zero-order valence-corrected chi connectivity index (χ0v) is 11.9. The SMILES string of the molecule is COCc1ccc(C2C[C@H](N)c3ccc(F)cc3O2)cc1. The Morgan fingerprint density at radius 2 is 2.00 bits per heavy atom. The Labute approximate surface area is 123 Å². The third kappa shape index (κ3) is 2.91. The van der Waals surface area contributed by atoms with Gasteiger partial charge in [0.05, 0.1) is 6.61 Å². The molecule has 0 saturated heterocycles. The minimum Gasteiger partial charge on any atom is -0.485 e. The summed E-state index contributed by atoms with van der Waals surface area (Å²) in [6.45, 7) is 0.583. The van der Waals surface area contributed by atoms with Crippen molar-refractivity contribution in [2.24, 2.45) is 5.73 Å². The number of halogens is 1. The molecule has 1 heterocycles. The number of hydrogen-bond acceptors (Lipinski definition) is 3. The van der Waals surface area contributed by atoms with Crippen LogP contribution in [-0.2, 0) is 11.3 Å². The fourth-order valence-electron chi connectivity index (χ4n) is 2.67. The van der Waals surface area contributed by atoms with Crippen LogP contribution in [0, 0.1) is 5.82 Å². The van der Waals surface area contributed by atoms with Gasteiger partial charge in [-0.25, -0.2) is 4.39 Å². The van der Waals surface area contributed by atoms with Gasteiger partial charge in [-0.1, -0.05) is 30.3 Å². The summed E-state index contributed by atoms with van der Waals surface area (Å²) in [5.74, 6) is 0.233. The van der Waals surface area contributed by atoms with Crippen LogP contribution in [0.5, 0.6) is 5.75 Å². The molecule has 21 heavy (non-hydrogen) atoms. The molecule has 0 aliphatic carbocycles. The Morgan fingerprint density at radius 3 is 2.71 bits per heavy atom. The predicted molar refractivity (Wildman–Crippen MR) is 78.5 cm³/mol. The Bertz CT molecular complexity index is 627. The smallest absolute Gasteiger partial charge is 0.127 e. The number of rotatable bonds is 3. The van der Waals surface area contributed by atoms with E-state index in [1.807, 2.05) is 24.3 Å². The summed E-state index contributed by atoms with van der Waals surface area (Å²) in [7, 11) is 1.67.